The van der Waals surface area contributed by atoms with Gasteiger partial charge in [0, 0.05) is 25.3 Å². The molecule has 0 aromatic heterocycles. The summed E-state index contributed by atoms with van der Waals surface area (Å²) in [6.45, 7) is 5.72. The lowest BCUT2D eigenvalue weighted by molar-refractivity contribution is -0.125. The second-order valence-corrected chi connectivity index (χ2v) is 8.18. The van der Waals surface area contributed by atoms with Gasteiger partial charge in [-0.2, -0.15) is 0 Å². The highest BCUT2D eigenvalue weighted by atomic mass is 35.5. The molecule has 1 aliphatic rings. The summed E-state index contributed by atoms with van der Waals surface area (Å²) in [7, 11) is 0. The van der Waals surface area contributed by atoms with Crippen LogP contribution < -0.4 is 15.4 Å². The zero-order valence-corrected chi connectivity index (χ0v) is 18.5. The molecule has 0 aliphatic carbocycles. The van der Waals surface area contributed by atoms with Gasteiger partial charge in [0.15, 0.2) is 11.5 Å². The monoisotopic (exact) mass is 449 g/mol. The molecule has 1 saturated heterocycles. The van der Waals surface area contributed by atoms with Crippen LogP contribution >= 0.6 is 23.2 Å². The Kier molecular flexibility index (Phi) is 7.72. The molecule has 1 atom stereocenters. The SMILES string of the molecule is Cc1cccc(C)c1NC(=O)CN1CCNC(C(=O)COc2c(Cl)cccc2Cl)C1. The van der Waals surface area contributed by atoms with Crippen molar-refractivity contribution in [3.05, 3.63) is 57.6 Å². The number of amides is 1. The van der Waals surface area contributed by atoms with Crippen LogP contribution in [-0.2, 0) is 9.59 Å². The van der Waals surface area contributed by atoms with Crippen LogP contribution in [0, 0.1) is 13.8 Å². The van der Waals surface area contributed by atoms with E-state index < -0.39 is 6.04 Å². The number of benzene rings is 2. The van der Waals surface area contributed by atoms with Crippen LogP contribution in [-0.4, -0.2) is 55.4 Å². The van der Waals surface area contributed by atoms with Gasteiger partial charge < -0.3 is 15.4 Å². The number of hydrogen-bond acceptors (Lipinski definition) is 5. The van der Waals surface area contributed by atoms with E-state index >= 15 is 0 Å². The molecule has 30 heavy (non-hydrogen) atoms. The smallest absolute Gasteiger partial charge is 0.238 e. The van der Waals surface area contributed by atoms with E-state index in [0.29, 0.717) is 35.4 Å². The second-order valence-electron chi connectivity index (χ2n) is 7.36. The number of rotatable bonds is 7. The van der Waals surface area contributed by atoms with Crippen LogP contribution in [0.2, 0.25) is 10.0 Å². The lowest BCUT2D eigenvalue weighted by Crippen LogP contribution is -2.56. The molecule has 1 heterocycles. The van der Waals surface area contributed by atoms with E-state index in [0.717, 1.165) is 16.8 Å². The van der Waals surface area contributed by atoms with Gasteiger partial charge in [0.1, 0.15) is 6.61 Å². The number of ether oxygens (including phenoxy) is 1. The van der Waals surface area contributed by atoms with E-state index in [1.807, 2.05) is 36.9 Å². The Bertz CT molecular complexity index is 895. The number of nitrogens with zero attached hydrogens (tertiary/aromatic N) is 1. The van der Waals surface area contributed by atoms with E-state index in [2.05, 4.69) is 10.6 Å². The molecule has 3 rings (SSSR count). The number of nitrogens with one attached hydrogen (secondary N) is 2. The van der Waals surface area contributed by atoms with Crippen molar-refractivity contribution in [2.75, 3.05) is 38.1 Å². The Balaban J connectivity index is 1.53. The standard InChI is InChI=1S/C22H25Cl2N3O3/c1-14-5-3-6-15(2)21(14)26-20(29)12-27-10-9-25-18(11-27)19(28)13-30-22-16(23)7-4-8-17(22)24/h3-8,18,25H,9-13H2,1-2H3,(H,26,29). The quantitative estimate of drug-likeness (QED) is 0.676. The number of Topliss-reactive ketones (excluding diaryl/α,β-unsaturated/α-hetero) is 1. The summed E-state index contributed by atoms with van der Waals surface area (Å²) in [6, 6.07) is 10.5. The van der Waals surface area contributed by atoms with Crippen LogP contribution in [0.25, 0.3) is 0 Å². The number of halogens is 2. The summed E-state index contributed by atoms with van der Waals surface area (Å²) in [5, 5.41) is 6.89. The molecule has 0 bridgehead atoms. The summed E-state index contributed by atoms with van der Waals surface area (Å²) in [5.41, 5.74) is 2.88. The molecule has 1 fully saturated rings. The Morgan fingerprint density at radius 2 is 1.77 bits per heavy atom. The molecule has 2 N–H and O–H groups in total. The van der Waals surface area contributed by atoms with Gasteiger partial charge in [-0.15, -0.1) is 0 Å². The van der Waals surface area contributed by atoms with Crippen LogP contribution in [0.5, 0.6) is 5.75 Å². The minimum Gasteiger partial charge on any atom is -0.483 e. The van der Waals surface area contributed by atoms with Crippen molar-refractivity contribution in [3.8, 4) is 5.75 Å². The molecule has 2 aromatic carbocycles. The fourth-order valence-corrected chi connectivity index (χ4v) is 3.93. The predicted octanol–water partition coefficient (Wildman–Crippen LogP) is 3.47. The Morgan fingerprint density at radius 1 is 1.13 bits per heavy atom. The third-order valence-corrected chi connectivity index (χ3v) is 5.63. The highest BCUT2D eigenvalue weighted by Gasteiger charge is 2.27. The fourth-order valence-electron chi connectivity index (χ4n) is 3.43. The molecule has 1 unspecified atom stereocenters. The Morgan fingerprint density at radius 3 is 2.43 bits per heavy atom. The zero-order valence-electron chi connectivity index (χ0n) is 17.0. The second kappa shape index (κ2) is 10.3. The van der Waals surface area contributed by atoms with Gasteiger partial charge in [-0.25, -0.2) is 0 Å². The van der Waals surface area contributed by atoms with Gasteiger partial charge >= 0.3 is 0 Å². The predicted molar refractivity (Wildman–Crippen MR) is 120 cm³/mol. The first-order valence-electron chi connectivity index (χ1n) is 9.76. The Hall–Kier alpha value is -2.12. The molecule has 0 saturated carbocycles. The minimum absolute atomic E-state index is 0.0976. The van der Waals surface area contributed by atoms with Gasteiger partial charge in [-0.05, 0) is 37.1 Å². The number of piperazine rings is 1. The summed E-state index contributed by atoms with van der Waals surface area (Å²) in [5.74, 6) is 0.0836. The third kappa shape index (κ3) is 5.73. The van der Waals surface area contributed by atoms with Crippen LogP contribution in [0.1, 0.15) is 11.1 Å². The van der Waals surface area contributed by atoms with Gasteiger partial charge in [0.25, 0.3) is 0 Å². The van der Waals surface area contributed by atoms with Crippen molar-refractivity contribution in [1.82, 2.24) is 10.2 Å². The molecule has 1 aliphatic heterocycles. The number of para-hydroxylation sites is 2. The first kappa shape index (κ1) is 22.6. The molecule has 0 radical (unpaired) electrons. The minimum atomic E-state index is -0.423. The van der Waals surface area contributed by atoms with Crippen molar-refractivity contribution < 1.29 is 14.3 Å². The van der Waals surface area contributed by atoms with Crippen LogP contribution in [0.3, 0.4) is 0 Å². The number of carbonyl (C=O) groups excluding carboxylic acids is 2. The molecule has 160 valence electrons. The van der Waals surface area contributed by atoms with E-state index in [9.17, 15) is 9.59 Å². The summed E-state index contributed by atoms with van der Waals surface area (Å²) in [6.07, 6.45) is 0. The number of hydrogen-bond donors (Lipinski definition) is 2. The topological polar surface area (TPSA) is 70.7 Å². The van der Waals surface area contributed by atoms with Crippen molar-refractivity contribution in [1.29, 1.82) is 0 Å². The van der Waals surface area contributed by atoms with Gasteiger partial charge in [0.05, 0.1) is 22.6 Å². The first-order valence-corrected chi connectivity index (χ1v) is 10.5. The maximum atomic E-state index is 12.6. The normalized spacial score (nSPS) is 16.9. The Labute approximate surface area is 186 Å². The molecule has 0 spiro atoms. The number of aryl methyl sites for hydroxylation is 2. The zero-order chi connectivity index (χ0) is 21.7. The van der Waals surface area contributed by atoms with E-state index in [1.54, 1.807) is 18.2 Å². The highest BCUT2D eigenvalue weighted by Crippen LogP contribution is 2.32. The van der Waals surface area contributed by atoms with Gasteiger partial charge in [0.2, 0.25) is 5.91 Å². The van der Waals surface area contributed by atoms with E-state index in [4.69, 9.17) is 27.9 Å². The van der Waals surface area contributed by atoms with Crippen LogP contribution in [0.4, 0.5) is 5.69 Å². The van der Waals surface area contributed by atoms with Crippen molar-refractivity contribution in [3.63, 3.8) is 0 Å². The highest BCUT2D eigenvalue weighted by molar-refractivity contribution is 6.37. The molecular weight excluding hydrogens is 425 g/mol. The fraction of sp³-hybridized carbons (Fsp3) is 0.364. The number of anilines is 1. The number of ketones is 1. The van der Waals surface area contributed by atoms with Gasteiger partial charge in [-0.1, -0.05) is 47.5 Å². The average Bonchev–Trinajstić information content (AvgIpc) is 2.70. The lowest BCUT2D eigenvalue weighted by atomic mass is 10.1. The van der Waals surface area contributed by atoms with Gasteiger partial charge in [-0.3, -0.25) is 14.5 Å². The molecule has 6 nitrogen and oxygen atoms in total. The average molecular weight is 450 g/mol. The van der Waals surface area contributed by atoms with Crippen LogP contribution in [0.15, 0.2) is 36.4 Å². The summed E-state index contributed by atoms with van der Waals surface area (Å²) >= 11 is 12.2. The van der Waals surface area contributed by atoms with Crippen molar-refractivity contribution in [2.24, 2.45) is 0 Å². The molecule has 1 amide bonds. The molecule has 8 heteroatoms. The number of carbonyl (C=O) groups is 2. The maximum absolute atomic E-state index is 12.6. The first-order chi connectivity index (χ1) is 14.3. The van der Waals surface area contributed by atoms with E-state index in [1.165, 1.54) is 0 Å². The third-order valence-electron chi connectivity index (χ3n) is 5.04. The molecule has 2 aromatic rings. The summed E-state index contributed by atoms with van der Waals surface area (Å²) in [4.78, 5) is 27.1. The summed E-state index contributed by atoms with van der Waals surface area (Å²) < 4.78 is 5.55. The van der Waals surface area contributed by atoms with Crippen molar-refractivity contribution >= 4 is 40.6 Å². The maximum Gasteiger partial charge on any atom is 0.238 e. The lowest BCUT2D eigenvalue weighted by Gasteiger charge is -2.32. The van der Waals surface area contributed by atoms with E-state index in [-0.39, 0.29) is 24.8 Å². The van der Waals surface area contributed by atoms with Crippen molar-refractivity contribution in [2.45, 2.75) is 19.9 Å². The molecular formula is C22H25Cl2N3O3. The largest absolute Gasteiger partial charge is 0.483 e.